The van der Waals surface area contributed by atoms with E-state index in [0.717, 1.165) is 0 Å². The van der Waals surface area contributed by atoms with Gasteiger partial charge >= 0.3 is 0 Å². The smallest absolute Gasteiger partial charge is 0.201 e. The lowest BCUT2D eigenvalue weighted by atomic mass is 10.00. The molecule has 0 atom stereocenters. The molecule has 0 saturated carbocycles. The Morgan fingerprint density at radius 3 is 1.83 bits per heavy atom. The second-order valence-electron chi connectivity index (χ2n) is 7.81. The summed E-state index contributed by atoms with van der Waals surface area (Å²) in [6.45, 7) is 1.78. The molecule has 0 fully saturated rings. The summed E-state index contributed by atoms with van der Waals surface area (Å²) in [7, 11) is 0. The molecule has 4 aromatic carbocycles. The predicted molar refractivity (Wildman–Crippen MR) is 130 cm³/mol. The topological polar surface area (TPSA) is 29.5 Å². The second-order valence-corrected chi connectivity index (χ2v) is 7.81. The SMILES string of the molecule is CCOc1ccc(-c2ccc(/C=C/c3ccc(-c4ccc(CO)cc4)c(F)c3F)cc2)c(F)c1F. The van der Waals surface area contributed by atoms with Crippen LogP contribution in [0.2, 0.25) is 0 Å². The van der Waals surface area contributed by atoms with E-state index < -0.39 is 23.3 Å². The molecule has 0 aliphatic rings. The maximum Gasteiger partial charge on any atom is 0.201 e. The Balaban J connectivity index is 1.54. The molecule has 4 rings (SSSR count). The molecule has 6 heteroatoms. The standard InChI is InChI=1S/C29H22F4O2/c1-2-35-25-16-15-24(28(32)29(25)33)20-8-3-18(4-9-20)5-12-22-13-14-23(27(31)26(22)30)21-10-6-19(17-34)7-11-21/h3-16,34H,2,17H2,1H3/b12-5+. The maximum atomic E-state index is 14.7. The Morgan fingerprint density at radius 2 is 1.23 bits per heavy atom. The van der Waals surface area contributed by atoms with E-state index in [4.69, 9.17) is 9.84 Å². The monoisotopic (exact) mass is 478 g/mol. The maximum absolute atomic E-state index is 14.7. The Morgan fingerprint density at radius 1 is 0.657 bits per heavy atom. The molecule has 0 aliphatic heterocycles. The molecule has 0 radical (unpaired) electrons. The third-order valence-electron chi connectivity index (χ3n) is 5.58. The molecular weight excluding hydrogens is 456 g/mol. The van der Waals surface area contributed by atoms with E-state index in [1.807, 2.05) is 0 Å². The first-order valence-electron chi connectivity index (χ1n) is 11.0. The molecule has 0 spiro atoms. The van der Waals surface area contributed by atoms with Crippen LogP contribution in [0.4, 0.5) is 17.6 Å². The quantitative estimate of drug-likeness (QED) is 0.219. The highest BCUT2D eigenvalue weighted by Gasteiger charge is 2.16. The van der Waals surface area contributed by atoms with Crippen LogP contribution >= 0.6 is 0 Å². The molecule has 35 heavy (non-hydrogen) atoms. The third kappa shape index (κ3) is 5.12. The van der Waals surface area contributed by atoms with Crippen molar-refractivity contribution in [2.24, 2.45) is 0 Å². The van der Waals surface area contributed by atoms with Gasteiger partial charge in [0.15, 0.2) is 23.2 Å². The van der Waals surface area contributed by atoms with Crippen molar-refractivity contribution in [3.63, 3.8) is 0 Å². The molecular formula is C29H22F4O2. The number of halogens is 4. The zero-order valence-electron chi connectivity index (χ0n) is 18.9. The molecule has 0 amide bonds. The lowest BCUT2D eigenvalue weighted by Crippen LogP contribution is -1.98. The zero-order valence-corrected chi connectivity index (χ0v) is 18.9. The van der Waals surface area contributed by atoms with E-state index in [1.165, 1.54) is 30.3 Å². The van der Waals surface area contributed by atoms with Gasteiger partial charge in [0.2, 0.25) is 5.82 Å². The highest BCUT2D eigenvalue weighted by Crippen LogP contribution is 2.31. The number of benzene rings is 4. The summed E-state index contributed by atoms with van der Waals surface area (Å²) in [6.07, 6.45) is 3.05. The highest BCUT2D eigenvalue weighted by atomic mass is 19.2. The van der Waals surface area contributed by atoms with Gasteiger partial charge in [0.25, 0.3) is 0 Å². The van der Waals surface area contributed by atoms with Gasteiger partial charge in [-0.3, -0.25) is 0 Å². The number of aliphatic hydroxyl groups is 1. The average Bonchev–Trinajstić information content (AvgIpc) is 2.88. The largest absolute Gasteiger partial charge is 0.491 e. The van der Waals surface area contributed by atoms with Crippen LogP contribution in [-0.2, 0) is 6.61 Å². The van der Waals surface area contributed by atoms with Crippen molar-refractivity contribution in [2.75, 3.05) is 6.61 Å². The Labute approximate surface area is 200 Å². The van der Waals surface area contributed by atoms with E-state index in [-0.39, 0.29) is 35.7 Å². The predicted octanol–water partition coefficient (Wildman–Crippen LogP) is 7.64. The molecule has 2 nitrogen and oxygen atoms in total. The molecule has 4 aromatic rings. The Bertz CT molecular complexity index is 1360. The van der Waals surface area contributed by atoms with E-state index >= 15 is 0 Å². The normalized spacial score (nSPS) is 11.3. The van der Waals surface area contributed by atoms with Crippen LogP contribution in [0.3, 0.4) is 0 Å². The van der Waals surface area contributed by atoms with Crippen molar-refractivity contribution >= 4 is 12.2 Å². The van der Waals surface area contributed by atoms with Gasteiger partial charge in [-0.1, -0.05) is 72.8 Å². The molecule has 0 saturated heterocycles. The van der Waals surface area contributed by atoms with E-state index in [0.29, 0.717) is 22.3 Å². The summed E-state index contributed by atoms with van der Waals surface area (Å²) >= 11 is 0. The summed E-state index contributed by atoms with van der Waals surface area (Å²) in [5, 5.41) is 9.13. The third-order valence-corrected chi connectivity index (χ3v) is 5.58. The van der Waals surface area contributed by atoms with Crippen molar-refractivity contribution in [1.82, 2.24) is 0 Å². The highest BCUT2D eigenvalue weighted by molar-refractivity contribution is 5.74. The lowest BCUT2D eigenvalue weighted by Gasteiger charge is -2.09. The van der Waals surface area contributed by atoms with Crippen LogP contribution in [0, 0.1) is 23.3 Å². The fraction of sp³-hybridized carbons (Fsp3) is 0.103. The first-order chi connectivity index (χ1) is 16.9. The summed E-state index contributed by atoms with van der Waals surface area (Å²) in [4.78, 5) is 0. The Hall–Kier alpha value is -3.90. The van der Waals surface area contributed by atoms with Gasteiger partial charge in [-0.05, 0) is 41.3 Å². The lowest BCUT2D eigenvalue weighted by molar-refractivity contribution is 0.282. The number of hydrogen-bond acceptors (Lipinski definition) is 2. The number of aliphatic hydroxyl groups excluding tert-OH is 1. The van der Waals surface area contributed by atoms with Gasteiger partial charge in [-0.15, -0.1) is 0 Å². The van der Waals surface area contributed by atoms with Gasteiger partial charge in [-0.2, -0.15) is 4.39 Å². The first kappa shape index (κ1) is 24.2. The van der Waals surface area contributed by atoms with Crippen LogP contribution in [0.1, 0.15) is 23.6 Å². The molecule has 0 unspecified atom stereocenters. The van der Waals surface area contributed by atoms with Crippen LogP contribution in [0.5, 0.6) is 5.75 Å². The Kier molecular flexibility index (Phi) is 7.32. The fourth-order valence-electron chi connectivity index (χ4n) is 3.69. The first-order valence-corrected chi connectivity index (χ1v) is 11.0. The number of hydrogen-bond donors (Lipinski definition) is 1. The molecule has 0 bridgehead atoms. The average molecular weight is 478 g/mol. The minimum Gasteiger partial charge on any atom is -0.491 e. The summed E-state index contributed by atoms with van der Waals surface area (Å²) < 4.78 is 63.1. The minimum absolute atomic E-state index is 0.0712. The van der Waals surface area contributed by atoms with Gasteiger partial charge in [0.1, 0.15) is 0 Å². The van der Waals surface area contributed by atoms with Crippen LogP contribution < -0.4 is 4.74 Å². The van der Waals surface area contributed by atoms with Crippen molar-refractivity contribution in [2.45, 2.75) is 13.5 Å². The molecule has 1 N–H and O–H groups in total. The van der Waals surface area contributed by atoms with Crippen LogP contribution in [-0.4, -0.2) is 11.7 Å². The van der Waals surface area contributed by atoms with Crippen molar-refractivity contribution in [1.29, 1.82) is 0 Å². The fourth-order valence-corrected chi connectivity index (χ4v) is 3.69. The van der Waals surface area contributed by atoms with E-state index in [1.54, 1.807) is 61.5 Å². The number of rotatable bonds is 7. The minimum atomic E-state index is -1.04. The molecule has 0 heterocycles. The van der Waals surface area contributed by atoms with Crippen molar-refractivity contribution in [3.8, 4) is 28.0 Å². The van der Waals surface area contributed by atoms with Gasteiger partial charge in [0.05, 0.1) is 13.2 Å². The van der Waals surface area contributed by atoms with Crippen LogP contribution in [0.25, 0.3) is 34.4 Å². The summed E-state index contributed by atoms with van der Waals surface area (Å²) in [6, 6.07) is 18.9. The molecule has 0 aromatic heterocycles. The number of ether oxygens (including phenoxy) is 1. The van der Waals surface area contributed by atoms with Gasteiger partial charge in [-0.25, -0.2) is 13.2 Å². The van der Waals surface area contributed by atoms with E-state index in [9.17, 15) is 17.6 Å². The van der Waals surface area contributed by atoms with Crippen LogP contribution in [0.15, 0.2) is 72.8 Å². The molecule has 178 valence electrons. The summed E-state index contributed by atoms with van der Waals surface area (Å²) in [5.41, 5.74) is 2.61. The van der Waals surface area contributed by atoms with E-state index in [2.05, 4.69) is 0 Å². The molecule has 0 aliphatic carbocycles. The second kappa shape index (κ2) is 10.6. The van der Waals surface area contributed by atoms with Crippen molar-refractivity contribution < 1.29 is 27.4 Å². The van der Waals surface area contributed by atoms with Crippen molar-refractivity contribution in [3.05, 3.63) is 113 Å². The summed E-state index contributed by atoms with van der Waals surface area (Å²) in [5.74, 6) is -4.13. The zero-order chi connectivity index (χ0) is 24.9. The van der Waals surface area contributed by atoms with Gasteiger partial charge in [0, 0.05) is 16.7 Å². The van der Waals surface area contributed by atoms with Gasteiger partial charge < -0.3 is 9.84 Å².